The van der Waals surface area contributed by atoms with Crippen LogP contribution in [-0.4, -0.2) is 34.6 Å². The van der Waals surface area contributed by atoms with Gasteiger partial charge in [0.25, 0.3) is 0 Å². The smallest absolute Gasteiger partial charge is 0.218 e. The maximum Gasteiger partial charge on any atom is 0.218 e. The minimum Gasteiger partial charge on any atom is -0.362 e. The molecule has 1 unspecified atom stereocenters. The number of aromatic nitrogens is 2. The van der Waals surface area contributed by atoms with Crippen LogP contribution in [-0.2, 0) is 4.74 Å². The van der Waals surface area contributed by atoms with E-state index < -0.39 is 5.44 Å². The van der Waals surface area contributed by atoms with Gasteiger partial charge in [0, 0.05) is 40.4 Å². The first kappa shape index (κ1) is 17.5. The van der Waals surface area contributed by atoms with Gasteiger partial charge in [0.05, 0.1) is 10.7 Å². The normalized spacial score (nSPS) is 12.5. The van der Waals surface area contributed by atoms with E-state index in [9.17, 15) is 4.79 Å². The summed E-state index contributed by atoms with van der Waals surface area (Å²) in [5, 5.41) is 1.47. The van der Waals surface area contributed by atoms with E-state index in [2.05, 4.69) is 25.9 Å². The van der Waals surface area contributed by atoms with Gasteiger partial charge in [-0.2, -0.15) is 0 Å². The van der Waals surface area contributed by atoms with Crippen molar-refractivity contribution in [3.8, 4) is 11.1 Å². The number of nitrogens with one attached hydrogen (secondary N) is 1. The lowest BCUT2D eigenvalue weighted by Crippen LogP contribution is -2.20. The largest absolute Gasteiger partial charge is 0.362 e. The molecule has 0 bridgehead atoms. The SMILES string of the molecule is COC(SC)C(=O)c1[nH]c2cc(Br)c(Cl)cc2c1-c1ccncc1. The minimum absolute atomic E-state index is 0.111. The summed E-state index contributed by atoms with van der Waals surface area (Å²) < 4.78 is 6.07. The van der Waals surface area contributed by atoms with E-state index in [0.29, 0.717) is 10.7 Å². The maximum absolute atomic E-state index is 12.9. The Kier molecular flexibility index (Phi) is 5.30. The average molecular weight is 426 g/mol. The fourth-order valence-electron chi connectivity index (χ4n) is 2.62. The van der Waals surface area contributed by atoms with Gasteiger partial charge < -0.3 is 9.72 Å². The molecule has 1 atom stereocenters. The van der Waals surface area contributed by atoms with E-state index in [1.807, 2.05) is 30.5 Å². The number of hydrogen-bond acceptors (Lipinski definition) is 4. The molecule has 2 heterocycles. The molecule has 0 saturated carbocycles. The maximum atomic E-state index is 12.9. The Morgan fingerprint density at radius 1 is 1.38 bits per heavy atom. The summed E-state index contributed by atoms with van der Waals surface area (Å²) in [5.74, 6) is -0.111. The molecule has 0 amide bonds. The Balaban J connectivity index is 2.30. The molecule has 24 heavy (non-hydrogen) atoms. The van der Waals surface area contributed by atoms with Gasteiger partial charge in [-0.3, -0.25) is 9.78 Å². The number of thioether (sulfide) groups is 1. The zero-order valence-electron chi connectivity index (χ0n) is 13.0. The van der Waals surface area contributed by atoms with Crippen molar-refractivity contribution < 1.29 is 9.53 Å². The lowest BCUT2D eigenvalue weighted by molar-refractivity contribution is 0.0791. The number of Topliss-reactive ketones (excluding diaryl/α,β-unsaturated/α-hetero) is 1. The number of methoxy groups -OCH3 is 1. The number of ether oxygens (including phenoxy) is 1. The number of rotatable bonds is 5. The molecule has 0 saturated heterocycles. The van der Waals surface area contributed by atoms with Crippen molar-refractivity contribution in [1.29, 1.82) is 0 Å². The monoisotopic (exact) mass is 424 g/mol. The van der Waals surface area contributed by atoms with Crippen LogP contribution >= 0.6 is 39.3 Å². The molecule has 0 spiro atoms. The Hall–Kier alpha value is -1.34. The number of aromatic amines is 1. The molecule has 124 valence electrons. The molecule has 1 aromatic carbocycles. The number of halogens is 2. The highest BCUT2D eigenvalue weighted by molar-refractivity contribution is 9.10. The van der Waals surface area contributed by atoms with Gasteiger partial charge in [-0.25, -0.2) is 0 Å². The highest BCUT2D eigenvalue weighted by Gasteiger charge is 2.26. The number of carbonyl (C=O) groups is 1. The second-order valence-electron chi connectivity index (χ2n) is 5.09. The number of ketones is 1. The van der Waals surface area contributed by atoms with Crippen molar-refractivity contribution >= 4 is 56.0 Å². The molecule has 3 rings (SSSR count). The third-order valence-corrected chi connectivity index (χ3v) is 5.73. The van der Waals surface area contributed by atoms with Crippen LogP contribution < -0.4 is 0 Å². The van der Waals surface area contributed by atoms with Crippen LogP contribution in [0.2, 0.25) is 5.02 Å². The molecule has 0 aliphatic carbocycles. The zero-order valence-corrected chi connectivity index (χ0v) is 16.1. The Morgan fingerprint density at radius 2 is 2.08 bits per heavy atom. The van der Waals surface area contributed by atoms with Crippen molar-refractivity contribution in [2.24, 2.45) is 0 Å². The molecule has 4 nitrogen and oxygen atoms in total. The quantitative estimate of drug-likeness (QED) is 0.453. The van der Waals surface area contributed by atoms with E-state index in [1.165, 1.54) is 18.9 Å². The molecule has 7 heteroatoms. The topological polar surface area (TPSA) is 55.0 Å². The summed E-state index contributed by atoms with van der Waals surface area (Å²) in [5.41, 5.74) is 2.47. The van der Waals surface area contributed by atoms with E-state index in [1.54, 1.807) is 12.4 Å². The van der Waals surface area contributed by atoms with Crippen LogP contribution in [0.25, 0.3) is 22.0 Å². The van der Waals surface area contributed by atoms with Crippen LogP contribution in [0, 0.1) is 0 Å². The second-order valence-corrected chi connectivity index (χ2v) is 7.25. The molecule has 0 radical (unpaired) electrons. The summed E-state index contributed by atoms with van der Waals surface area (Å²) >= 11 is 11.0. The van der Waals surface area contributed by atoms with Gasteiger partial charge in [0.1, 0.15) is 0 Å². The van der Waals surface area contributed by atoms with Crippen LogP contribution in [0.1, 0.15) is 10.5 Å². The fourth-order valence-corrected chi connectivity index (χ4v) is 3.65. The molecule has 1 N–H and O–H groups in total. The van der Waals surface area contributed by atoms with Gasteiger partial charge in [-0.1, -0.05) is 11.6 Å². The van der Waals surface area contributed by atoms with E-state index in [0.717, 1.165) is 26.5 Å². The molecule has 0 fully saturated rings. The minimum atomic E-state index is -0.572. The lowest BCUT2D eigenvalue weighted by Gasteiger charge is -2.12. The predicted molar refractivity (Wildman–Crippen MR) is 103 cm³/mol. The van der Waals surface area contributed by atoms with Crippen molar-refractivity contribution in [2.45, 2.75) is 5.44 Å². The number of hydrogen-bond donors (Lipinski definition) is 1. The lowest BCUT2D eigenvalue weighted by atomic mass is 10.0. The molecule has 0 aliphatic heterocycles. The van der Waals surface area contributed by atoms with Crippen LogP contribution in [0.15, 0.2) is 41.1 Å². The number of benzene rings is 1. The number of fused-ring (bicyclic) bond motifs is 1. The Labute approximate surface area is 157 Å². The number of nitrogens with zero attached hydrogens (tertiary/aromatic N) is 1. The molecule has 3 aromatic rings. The Bertz CT molecular complexity index is 894. The van der Waals surface area contributed by atoms with E-state index in [-0.39, 0.29) is 5.78 Å². The first-order valence-electron chi connectivity index (χ1n) is 7.07. The Morgan fingerprint density at radius 3 is 2.71 bits per heavy atom. The molecular weight excluding hydrogens is 412 g/mol. The summed E-state index contributed by atoms with van der Waals surface area (Å²) in [4.78, 5) is 20.2. The number of carbonyl (C=O) groups excluding carboxylic acids is 1. The van der Waals surface area contributed by atoms with Crippen LogP contribution in [0.4, 0.5) is 0 Å². The first-order valence-corrected chi connectivity index (χ1v) is 9.53. The number of pyridine rings is 1. The van der Waals surface area contributed by atoms with Gasteiger partial charge in [0.15, 0.2) is 5.44 Å². The standard InChI is InChI=1S/C17H14BrClN2O2S/c1-23-17(24-2)16(22)15-14(9-3-5-20-6-4-9)10-7-12(19)11(18)8-13(10)21-15/h3-8,17,21H,1-2H3. The highest BCUT2D eigenvalue weighted by Crippen LogP contribution is 2.37. The second kappa shape index (κ2) is 7.27. The summed E-state index contributed by atoms with van der Waals surface area (Å²) in [6.45, 7) is 0. The molecule has 0 aliphatic rings. The summed E-state index contributed by atoms with van der Waals surface area (Å²) in [6.07, 6.45) is 5.24. The zero-order chi connectivity index (χ0) is 17.3. The molecular formula is C17H14BrClN2O2S. The van der Waals surface area contributed by atoms with Gasteiger partial charge in [-0.05, 0) is 52.0 Å². The van der Waals surface area contributed by atoms with E-state index in [4.69, 9.17) is 16.3 Å². The van der Waals surface area contributed by atoms with Gasteiger partial charge in [-0.15, -0.1) is 11.8 Å². The van der Waals surface area contributed by atoms with E-state index >= 15 is 0 Å². The third kappa shape index (κ3) is 3.11. The van der Waals surface area contributed by atoms with Crippen molar-refractivity contribution in [2.75, 3.05) is 13.4 Å². The molecule has 2 aromatic heterocycles. The average Bonchev–Trinajstić information content (AvgIpc) is 2.95. The van der Waals surface area contributed by atoms with Gasteiger partial charge in [0.2, 0.25) is 5.78 Å². The highest BCUT2D eigenvalue weighted by atomic mass is 79.9. The fraction of sp³-hybridized carbons (Fsp3) is 0.176. The van der Waals surface area contributed by atoms with Crippen LogP contribution in [0.3, 0.4) is 0 Å². The summed E-state index contributed by atoms with van der Waals surface area (Å²) in [7, 11) is 1.53. The third-order valence-electron chi connectivity index (χ3n) is 3.70. The predicted octanol–water partition coefficient (Wildman–Crippen LogP) is 5.16. The van der Waals surface area contributed by atoms with Crippen LogP contribution in [0.5, 0.6) is 0 Å². The number of H-pyrrole nitrogens is 1. The first-order chi connectivity index (χ1) is 11.6. The summed E-state index contributed by atoms with van der Waals surface area (Å²) in [6, 6.07) is 7.47. The van der Waals surface area contributed by atoms with Crippen molar-refractivity contribution in [1.82, 2.24) is 9.97 Å². The van der Waals surface area contributed by atoms with Gasteiger partial charge >= 0.3 is 0 Å². The van der Waals surface area contributed by atoms with Crippen molar-refractivity contribution in [3.05, 3.63) is 51.8 Å². The van der Waals surface area contributed by atoms with Crippen molar-refractivity contribution in [3.63, 3.8) is 0 Å².